The number of nitrogens with one attached hydrogen (secondary N) is 1. The van der Waals surface area contributed by atoms with Gasteiger partial charge in [-0.2, -0.15) is 0 Å². The Labute approximate surface area is 160 Å². The summed E-state index contributed by atoms with van der Waals surface area (Å²) < 4.78 is 5.61. The Morgan fingerprint density at radius 2 is 1.85 bits per heavy atom. The number of Topliss-reactive ketones (excluding diaryl/α,β-unsaturated/α-hetero) is 1. The number of aromatic amines is 1. The van der Waals surface area contributed by atoms with Crippen LogP contribution >= 0.6 is 0 Å². The Hall–Kier alpha value is -2.43. The van der Waals surface area contributed by atoms with E-state index in [4.69, 9.17) is 10.5 Å². The molecule has 0 spiro atoms. The van der Waals surface area contributed by atoms with Gasteiger partial charge in [-0.05, 0) is 42.0 Å². The van der Waals surface area contributed by atoms with E-state index in [2.05, 4.69) is 41.4 Å². The lowest BCUT2D eigenvalue weighted by Crippen LogP contribution is -2.19. The van der Waals surface area contributed by atoms with Gasteiger partial charge >= 0.3 is 0 Å². The Bertz CT molecular complexity index is 867. The second-order valence-electron chi connectivity index (χ2n) is 7.11. The number of aryl methyl sites for hydroxylation is 1. The summed E-state index contributed by atoms with van der Waals surface area (Å²) in [6.45, 7) is 3.34. The Morgan fingerprint density at radius 3 is 2.63 bits per heavy atom. The molecule has 0 aliphatic rings. The van der Waals surface area contributed by atoms with Crippen molar-refractivity contribution in [1.29, 1.82) is 0 Å². The van der Waals surface area contributed by atoms with E-state index in [1.807, 2.05) is 25.3 Å². The topological polar surface area (TPSA) is 68.1 Å². The summed E-state index contributed by atoms with van der Waals surface area (Å²) in [6, 6.07) is 16.5. The summed E-state index contributed by atoms with van der Waals surface area (Å²) in [4.78, 5) is 15.6. The first kappa shape index (κ1) is 19.3. The third kappa shape index (κ3) is 5.28. The number of benzene rings is 2. The Kier molecular flexibility index (Phi) is 6.80. The lowest BCUT2D eigenvalue weighted by Gasteiger charge is -2.10. The molecule has 3 aromatic rings. The monoisotopic (exact) mass is 364 g/mol. The Balaban J connectivity index is 1.38. The van der Waals surface area contributed by atoms with Gasteiger partial charge in [0.25, 0.3) is 0 Å². The van der Waals surface area contributed by atoms with Crippen LogP contribution in [-0.4, -0.2) is 24.0 Å². The van der Waals surface area contributed by atoms with E-state index in [0.717, 1.165) is 30.3 Å². The summed E-state index contributed by atoms with van der Waals surface area (Å²) in [5.41, 5.74) is 10.3. The van der Waals surface area contributed by atoms with Crippen LogP contribution < -0.4 is 5.73 Å². The van der Waals surface area contributed by atoms with E-state index in [-0.39, 0.29) is 18.3 Å². The van der Waals surface area contributed by atoms with Crippen LogP contribution in [-0.2, 0) is 28.9 Å². The smallest absolute Gasteiger partial charge is 0.161 e. The molecule has 142 valence electrons. The maximum atomic E-state index is 12.4. The van der Waals surface area contributed by atoms with Crippen molar-refractivity contribution in [2.45, 2.75) is 32.7 Å². The van der Waals surface area contributed by atoms with Crippen molar-refractivity contribution in [3.05, 3.63) is 71.4 Å². The van der Waals surface area contributed by atoms with Crippen LogP contribution in [0.2, 0.25) is 0 Å². The average Bonchev–Trinajstić information content (AvgIpc) is 3.11. The van der Waals surface area contributed by atoms with Crippen molar-refractivity contribution >= 4 is 16.7 Å². The Morgan fingerprint density at radius 1 is 1.11 bits per heavy atom. The van der Waals surface area contributed by atoms with E-state index in [1.54, 1.807) is 0 Å². The number of fused-ring (bicyclic) bond motifs is 1. The lowest BCUT2D eigenvalue weighted by molar-refractivity contribution is -0.127. The number of nitrogens with two attached hydrogens (primary N) is 1. The molecule has 0 amide bonds. The van der Waals surface area contributed by atoms with Gasteiger partial charge in [0.15, 0.2) is 5.78 Å². The molecule has 0 fully saturated rings. The van der Waals surface area contributed by atoms with E-state index >= 15 is 0 Å². The van der Waals surface area contributed by atoms with Crippen molar-refractivity contribution in [3.8, 4) is 0 Å². The van der Waals surface area contributed by atoms with E-state index < -0.39 is 0 Å². The molecule has 0 aliphatic carbocycles. The molecule has 3 N–H and O–H groups in total. The molecule has 0 aliphatic heterocycles. The van der Waals surface area contributed by atoms with Gasteiger partial charge in [-0.25, -0.2) is 0 Å². The highest BCUT2D eigenvalue weighted by Crippen LogP contribution is 2.21. The first-order valence-electron chi connectivity index (χ1n) is 9.60. The number of hydrogen-bond acceptors (Lipinski definition) is 3. The number of rotatable bonds is 10. The second-order valence-corrected chi connectivity index (χ2v) is 7.11. The predicted octanol–water partition coefficient (Wildman–Crippen LogP) is 4.02. The van der Waals surface area contributed by atoms with Crippen molar-refractivity contribution in [3.63, 3.8) is 0 Å². The fourth-order valence-corrected chi connectivity index (χ4v) is 3.28. The summed E-state index contributed by atoms with van der Waals surface area (Å²) in [5.74, 6) is 0.112. The normalized spacial score (nSPS) is 12.4. The van der Waals surface area contributed by atoms with Crippen LogP contribution in [0, 0.1) is 5.92 Å². The molecular formula is C23H28N2O2. The molecule has 1 heterocycles. The highest BCUT2D eigenvalue weighted by molar-refractivity contribution is 5.85. The van der Waals surface area contributed by atoms with Crippen LogP contribution in [0.1, 0.15) is 30.0 Å². The molecule has 0 saturated heterocycles. The molecule has 4 nitrogen and oxygen atoms in total. The zero-order valence-electron chi connectivity index (χ0n) is 15.9. The number of H-pyrrole nitrogens is 1. The molecule has 0 unspecified atom stereocenters. The number of ether oxygens (including phenoxy) is 1. The van der Waals surface area contributed by atoms with Crippen molar-refractivity contribution in [1.82, 2.24) is 4.98 Å². The van der Waals surface area contributed by atoms with E-state index in [9.17, 15) is 4.79 Å². The molecular weight excluding hydrogens is 336 g/mol. The highest BCUT2D eigenvalue weighted by Gasteiger charge is 2.15. The van der Waals surface area contributed by atoms with Gasteiger partial charge in [0, 0.05) is 36.2 Å². The maximum Gasteiger partial charge on any atom is 0.161 e. The number of aromatic nitrogens is 1. The molecule has 4 heteroatoms. The first-order chi connectivity index (χ1) is 13.2. The third-order valence-electron chi connectivity index (χ3n) is 5.01. The van der Waals surface area contributed by atoms with Crippen LogP contribution in [0.4, 0.5) is 0 Å². The van der Waals surface area contributed by atoms with Crippen molar-refractivity contribution < 1.29 is 9.53 Å². The van der Waals surface area contributed by atoms with Gasteiger partial charge in [0.1, 0.15) is 6.61 Å². The van der Waals surface area contributed by atoms with Gasteiger partial charge in [-0.3, -0.25) is 4.79 Å². The molecule has 27 heavy (non-hydrogen) atoms. The quantitative estimate of drug-likeness (QED) is 0.534. The average molecular weight is 364 g/mol. The minimum atomic E-state index is -0.0481. The van der Waals surface area contributed by atoms with Gasteiger partial charge in [-0.1, -0.05) is 49.4 Å². The summed E-state index contributed by atoms with van der Waals surface area (Å²) in [7, 11) is 0. The molecule has 1 aromatic heterocycles. The second kappa shape index (κ2) is 9.49. The minimum Gasteiger partial charge on any atom is -0.374 e. The molecule has 0 bridgehead atoms. The van der Waals surface area contributed by atoms with Crippen molar-refractivity contribution in [2.24, 2.45) is 11.7 Å². The van der Waals surface area contributed by atoms with Crippen LogP contribution in [0.5, 0.6) is 0 Å². The lowest BCUT2D eigenvalue weighted by atomic mass is 9.97. The van der Waals surface area contributed by atoms with Gasteiger partial charge in [-0.15, -0.1) is 0 Å². The zero-order valence-corrected chi connectivity index (χ0v) is 15.9. The summed E-state index contributed by atoms with van der Waals surface area (Å²) in [6.07, 6.45) is 4.60. The van der Waals surface area contributed by atoms with Crippen LogP contribution in [0.3, 0.4) is 0 Å². The molecule has 1 atom stereocenters. The summed E-state index contributed by atoms with van der Waals surface area (Å²) in [5, 5.41) is 1.19. The molecule has 0 radical (unpaired) electrons. The molecule has 3 rings (SSSR count). The number of hydrogen-bond donors (Lipinski definition) is 2. The maximum absolute atomic E-state index is 12.4. The first-order valence-corrected chi connectivity index (χ1v) is 9.60. The predicted molar refractivity (Wildman–Crippen MR) is 110 cm³/mol. The van der Waals surface area contributed by atoms with Crippen LogP contribution in [0.25, 0.3) is 10.9 Å². The standard InChI is InChI=1S/C23H28N2O2/c1-17(13-20-15-25-22-7-3-2-6-21(20)22)23(26)16-27-12-4-5-18-8-10-19(14-24)11-9-18/h2-3,6-11,15,17,25H,4-5,12-14,16,24H2,1H3/t17-/m1/s1. The number of ketones is 1. The number of carbonyl (C=O) groups excluding carboxylic acids is 1. The van der Waals surface area contributed by atoms with Gasteiger partial charge in [0.2, 0.25) is 0 Å². The third-order valence-corrected chi connectivity index (χ3v) is 5.01. The van der Waals surface area contributed by atoms with Gasteiger partial charge < -0.3 is 15.5 Å². The summed E-state index contributed by atoms with van der Waals surface area (Å²) >= 11 is 0. The number of para-hydroxylation sites is 1. The van der Waals surface area contributed by atoms with Crippen LogP contribution in [0.15, 0.2) is 54.7 Å². The highest BCUT2D eigenvalue weighted by atomic mass is 16.5. The SMILES string of the molecule is C[C@H](Cc1c[nH]c2ccccc12)C(=O)COCCCc1ccc(CN)cc1. The van der Waals surface area contributed by atoms with E-state index in [0.29, 0.717) is 13.2 Å². The fourth-order valence-electron chi connectivity index (χ4n) is 3.28. The minimum absolute atomic E-state index is 0.0481. The fraction of sp³-hybridized carbons (Fsp3) is 0.348. The largest absolute Gasteiger partial charge is 0.374 e. The molecule has 2 aromatic carbocycles. The zero-order chi connectivity index (χ0) is 19.1. The van der Waals surface area contributed by atoms with Crippen molar-refractivity contribution in [2.75, 3.05) is 13.2 Å². The molecule has 0 saturated carbocycles. The van der Waals surface area contributed by atoms with Gasteiger partial charge in [0.05, 0.1) is 0 Å². The number of carbonyl (C=O) groups is 1. The van der Waals surface area contributed by atoms with E-state index in [1.165, 1.54) is 16.5 Å².